The first kappa shape index (κ1) is 15.2. The summed E-state index contributed by atoms with van der Waals surface area (Å²) >= 11 is 1.40. The number of nitrogens with one attached hydrogen (secondary N) is 3. The summed E-state index contributed by atoms with van der Waals surface area (Å²) in [4.78, 5) is 31.0. The molecule has 2 aromatic rings. The fraction of sp³-hybridized carbons (Fsp3) is 0.357. The minimum absolute atomic E-state index is 0.00747. The van der Waals surface area contributed by atoms with Crippen LogP contribution in [0.1, 0.15) is 28.3 Å². The van der Waals surface area contributed by atoms with Crippen molar-refractivity contribution in [3.8, 4) is 0 Å². The number of thiophene rings is 1. The SMILES string of the molecule is O=C(CCCNC(=O)c1cccs1)NCCc1ncc[nH]1. The number of imidazole rings is 1. The number of nitrogens with zero attached hydrogens (tertiary/aromatic N) is 1. The molecule has 0 atom stereocenters. The average molecular weight is 306 g/mol. The number of carbonyl (C=O) groups excluding carboxylic acids is 2. The Labute approximate surface area is 127 Å². The summed E-state index contributed by atoms with van der Waals surface area (Å²) in [5, 5.41) is 7.48. The summed E-state index contributed by atoms with van der Waals surface area (Å²) in [6, 6.07) is 3.62. The smallest absolute Gasteiger partial charge is 0.261 e. The normalized spacial score (nSPS) is 10.3. The molecule has 6 nitrogen and oxygen atoms in total. The molecule has 2 amide bonds. The standard InChI is InChI=1S/C14H18N4O2S/c19-13(17-7-5-12-15-8-9-16-12)4-1-6-18-14(20)11-3-2-10-21-11/h2-3,8-10H,1,4-7H2,(H,15,16)(H,17,19)(H,18,20). The molecule has 21 heavy (non-hydrogen) atoms. The first-order valence-corrected chi connectivity index (χ1v) is 7.70. The van der Waals surface area contributed by atoms with Crippen molar-refractivity contribution in [2.45, 2.75) is 19.3 Å². The van der Waals surface area contributed by atoms with Crippen molar-refractivity contribution in [1.82, 2.24) is 20.6 Å². The fourth-order valence-electron chi connectivity index (χ4n) is 1.79. The molecule has 2 heterocycles. The molecule has 0 saturated carbocycles. The Kier molecular flexibility index (Phi) is 5.96. The van der Waals surface area contributed by atoms with E-state index in [4.69, 9.17) is 0 Å². The Bertz CT molecular complexity index is 552. The van der Waals surface area contributed by atoms with Gasteiger partial charge in [-0.15, -0.1) is 11.3 Å². The van der Waals surface area contributed by atoms with Gasteiger partial charge < -0.3 is 15.6 Å². The lowest BCUT2D eigenvalue weighted by atomic mass is 10.3. The number of hydrogen-bond acceptors (Lipinski definition) is 4. The van der Waals surface area contributed by atoms with E-state index in [1.807, 2.05) is 11.4 Å². The van der Waals surface area contributed by atoms with Crippen molar-refractivity contribution in [2.75, 3.05) is 13.1 Å². The van der Waals surface area contributed by atoms with Crippen molar-refractivity contribution >= 4 is 23.2 Å². The summed E-state index contributed by atoms with van der Waals surface area (Å²) in [7, 11) is 0. The number of rotatable bonds is 8. The maximum atomic E-state index is 11.6. The van der Waals surface area contributed by atoms with Gasteiger partial charge in [-0.3, -0.25) is 9.59 Å². The molecular weight excluding hydrogens is 288 g/mol. The summed E-state index contributed by atoms with van der Waals surface area (Å²) in [6.07, 6.45) is 5.17. The largest absolute Gasteiger partial charge is 0.356 e. The van der Waals surface area contributed by atoms with E-state index in [-0.39, 0.29) is 11.8 Å². The topological polar surface area (TPSA) is 86.9 Å². The molecule has 112 valence electrons. The van der Waals surface area contributed by atoms with Gasteiger partial charge in [0.1, 0.15) is 5.82 Å². The van der Waals surface area contributed by atoms with Crippen LogP contribution in [0, 0.1) is 0 Å². The van der Waals surface area contributed by atoms with Crippen molar-refractivity contribution in [3.63, 3.8) is 0 Å². The average Bonchev–Trinajstić information content (AvgIpc) is 3.16. The Morgan fingerprint density at radius 1 is 1.29 bits per heavy atom. The molecule has 0 radical (unpaired) electrons. The van der Waals surface area contributed by atoms with Gasteiger partial charge >= 0.3 is 0 Å². The Hall–Kier alpha value is -2.15. The van der Waals surface area contributed by atoms with Gasteiger partial charge in [-0.1, -0.05) is 6.07 Å². The van der Waals surface area contributed by atoms with Crippen LogP contribution >= 0.6 is 11.3 Å². The van der Waals surface area contributed by atoms with Crippen molar-refractivity contribution in [2.24, 2.45) is 0 Å². The zero-order valence-electron chi connectivity index (χ0n) is 11.6. The number of hydrogen-bond donors (Lipinski definition) is 3. The highest BCUT2D eigenvalue weighted by Crippen LogP contribution is 2.07. The molecule has 0 aromatic carbocycles. The highest BCUT2D eigenvalue weighted by molar-refractivity contribution is 7.12. The quantitative estimate of drug-likeness (QED) is 0.643. The molecule has 7 heteroatoms. The highest BCUT2D eigenvalue weighted by Gasteiger charge is 2.06. The van der Waals surface area contributed by atoms with Gasteiger partial charge in [-0.25, -0.2) is 4.98 Å². The van der Waals surface area contributed by atoms with Crippen LogP contribution in [0.4, 0.5) is 0 Å². The van der Waals surface area contributed by atoms with Crippen LogP contribution in [0.25, 0.3) is 0 Å². The zero-order chi connectivity index (χ0) is 14.9. The second-order valence-electron chi connectivity index (χ2n) is 4.47. The maximum absolute atomic E-state index is 11.6. The van der Waals surface area contributed by atoms with E-state index >= 15 is 0 Å². The Morgan fingerprint density at radius 2 is 2.19 bits per heavy atom. The maximum Gasteiger partial charge on any atom is 0.261 e. The van der Waals surface area contributed by atoms with Crippen molar-refractivity contribution in [3.05, 3.63) is 40.6 Å². The third-order valence-electron chi connectivity index (χ3n) is 2.85. The fourth-order valence-corrected chi connectivity index (χ4v) is 2.43. The molecule has 0 aliphatic rings. The van der Waals surface area contributed by atoms with Crippen LogP contribution in [0.3, 0.4) is 0 Å². The van der Waals surface area contributed by atoms with Crippen molar-refractivity contribution in [1.29, 1.82) is 0 Å². The van der Waals surface area contributed by atoms with Crippen LogP contribution in [-0.2, 0) is 11.2 Å². The number of amides is 2. The van der Waals surface area contributed by atoms with Crippen LogP contribution in [-0.4, -0.2) is 34.9 Å². The van der Waals surface area contributed by atoms with Gasteiger partial charge in [-0.05, 0) is 17.9 Å². The van der Waals surface area contributed by atoms with Gasteiger partial charge in [0, 0.05) is 38.3 Å². The first-order chi connectivity index (χ1) is 10.3. The van der Waals surface area contributed by atoms with E-state index in [1.54, 1.807) is 18.5 Å². The third-order valence-corrected chi connectivity index (χ3v) is 3.72. The van der Waals surface area contributed by atoms with Crippen LogP contribution in [0.5, 0.6) is 0 Å². The number of H-pyrrole nitrogens is 1. The molecule has 0 bridgehead atoms. The van der Waals surface area contributed by atoms with Gasteiger partial charge in [-0.2, -0.15) is 0 Å². The lowest BCUT2D eigenvalue weighted by Crippen LogP contribution is -2.28. The minimum atomic E-state index is -0.0803. The molecule has 0 aliphatic heterocycles. The lowest BCUT2D eigenvalue weighted by molar-refractivity contribution is -0.121. The van der Waals surface area contributed by atoms with E-state index in [2.05, 4.69) is 20.6 Å². The summed E-state index contributed by atoms with van der Waals surface area (Å²) < 4.78 is 0. The van der Waals surface area contributed by atoms with E-state index in [0.29, 0.717) is 37.2 Å². The summed E-state index contributed by atoms with van der Waals surface area (Å²) in [5.74, 6) is 0.772. The van der Waals surface area contributed by atoms with E-state index in [1.165, 1.54) is 11.3 Å². The predicted molar refractivity (Wildman–Crippen MR) is 81.2 cm³/mol. The third kappa shape index (κ3) is 5.39. The van der Waals surface area contributed by atoms with Crippen LogP contribution < -0.4 is 10.6 Å². The summed E-state index contributed by atoms with van der Waals surface area (Å²) in [6.45, 7) is 1.07. The van der Waals surface area contributed by atoms with Gasteiger partial charge in [0.05, 0.1) is 4.88 Å². The van der Waals surface area contributed by atoms with Crippen molar-refractivity contribution < 1.29 is 9.59 Å². The van der Waals surface area contributed by atoms with E-state index in [0.717, 1.165) is 5.82 Å². The second-order valence-corrected chi connectivity index (χ2v) is 5.42. The molecule has 0 spiro atoms. The Balaban J connectivity index is 1.52. The molecule has 3 N–H and O–H groups in total. The lowest BCUT2D eigenvalue weighted by Gasteiger charge is -2.05. The van der Waals surface area contributed by atoms with E-state index < -0.39 is 0 Å². The van der Waals surface area contributed by atoms with Crippen LogP contribution in [0.15, 0.2) is 29.9 Å². The van der Waals surface area contributed by atoms with E-state index in [9.17, 15) is 9.59 Å². The molecule has 2 aromatic heterocycles. The number of carbonyl (C=O) groups is 2. The molecule has 0 unspecified atom stereocenters. The second kappa shape index (κ2) is 8.21. The molecular formula is C14H18N4O2S. The molecule has 0 saturated heterocycles. The minimum Gasteiger partial charge on any atom is -0.356 e. The highest BCUT2D eigenvalue weighted by atomic mass is 32.1. The predicted octanol–water partition coefficient (Wildman–Crippen LogP) is 1.34. The van der Waals surface area contributed by atoms with Gasteiger partial charge in [0.2, 0.25) is 5.91 Å². The monoisotopic (exact) mass is 306 g/mol. The first-order valence-electron chi connectivity index (χ1n) is 6.82. The van der Waals surface area contributed by atoms with Crippen LogP contribution in [0.2, 0.25) is 0 Å². The zero-order valence-corrected chi connectivity index (χ0v) is 12.4. The molecule has 0 aliphatic carbocycles. The Morgan fingerprint density at radius 3 is 2.90 bits per heavy atom. The summed E-state index contributed by atoms with van der Waals surface area (Å²) in [5.41, 5.74) is 0. The number of aromatic amines is 1. The number of aromatic nitrogens is 2. The molecule has 0 fully saturated rings. The van der Waals surface area contributed by atoms with Gasteiger partial charge in [0.25, 0.3) is 5.91 Å². The van der Waals surface area contributed by atoms with Gasteiger partial charge in [0.15, 0.2) is 0 Å². The molecule has 2 rings (SSSR count).